The Morgan fingerprint density at radius 2 is 1.72 bits per heavy atom. The summed E-state index contributed by atoms with van der Waals surface area (Å²) in [6, 6.07) is 9.26. The zero-order valence-electron chi connectivity index (χ0n) is 18.3. The summed E-state index contributed by atoms with van der Waals surface area (Å²) in [5.74, 6) is -0.315. The minimum atomic E-state index is -3.36. The Hall–Kier alpha value is -1.44. The predicted octanol–water partition coefficient (Wildman–Crippen LogP) is 2.38. The van der Waals surface area contributed by atoms with Gasteiger partial charge in [-0.15, -0.1) is 0 Å². The highest BCUT2D eigenvalue weighted by Gasteiger charge is 2.32. The maximum absolute atomic E-state index is 13.2. The SMILES string of the molecule is CCCC(CCC)S(=O)(=O)CC(NC)C(=O)N(CCCN)CCc1ccccc1. The highest BCUT2D eigenvalue weighted by Crippen LogP contribution is 2.17. The third kappa shape index (κ3) is 8.84. The Balaban J connectivity index is 2.89. The summed E-state index contributed by atoms with van der Waals surface area (Å²) in [5, 5.41) is 2.58. The Bertz CT molecular complexity index is 674. The van der Waals surface area contributed by atoms with Gasteiger partial charge in [0, 0.05) is 13.1 Å². The van der Waals surface area contributed by atoms with Crippen LogP contribution in [0.25, 0.3) is 0 Å². The molecule has 0 heterocycles. The highest BCUT2D eigenvalue weighted by atomic mass is 32.2. The molecule has 0 aliphatic rings. The van der Waals surface area contributed by atoms with Crippen LogP contribution < -0.4 is 11.1 Å². The molecule has 0 radical (unpaired) electrons. The maximum atomic E-state index is 13.2. The molecule has 1 aromatic rings. The number of amides is 1. The first-order valence-electron chi connectivity index (χ1n) is 10.8. The first-order valence-corrected chi connectivity index (χ1v) is 12.5. The molecule has 1 unspecified atom stereocenters. The van der Waals surface area contributed by atoms with E-state index in [2.05, 4.69) is 5.32 Å². The van der Waals surface area contributed by atoms with Gasteiger partial charge >= 0.3 is 0 Å². The summed E-state index contributed by atoms with van der Waals surface area (Å²) >= 11 is 0. The molecule has 166 valence electrons. The van der Waals surface area contributed by atoms with Crippen LogP contribution in [-0.4, -0.2) is 63.0 Å². The van der Waals surface area contributed by atoms with Gasteiger partial charge in [-0.25, -0.2) is 8.42 Å². The molecule has 0 bridgehead atoms. The number of nitrogens with one attached hydrogen (secondary N) is 1. The van der Waals surface area contributed by atoms with E-state index in [-0.39, 0.29) is 16.9 Å². The Labute approximate surface area is 177 Å². The molecule has 0 saturated heterocycles. The molecule has 7 heteroatoms. The van der Waals surface area contributed by atoms with Gasteiger partial charge < -0.3 is 16.0 Å². The van der Waals surface area contributed by atoms with Crippen LogP contribution in [0.15, 0.2) is 30.3 Å². The maximum Gasteiger partial charge on any atom is 0.240 e. The molecule has 0 saturated carbocycles. The molecule has 29 heavy (non-hydrogen) atoms. The molecule has 0 aliphatic carbocycles. The van der Waals surface area contributed by atoms with Crippen LogP contribution in [0, 0.1) is 0 Å². The zero-order valence-corrected chi connectivity index (χ0v) is 19.1. The third-order valence-corrected chi connectivity index (χ3v) is 7.52. The largest absolute Gasteiger partial charge is 0.341 e. The first-order chi connectivity index (χ1) is 13.9. The first kappa shape index (κ1) is 25.6. The second kappa shape index (κ2) is 13.7. The molecular weight excluding hydrogens is 386 g/mol. The molecule has 1 aromatic carbocycles. The molecule has 1 atom stereocenters. The Morgan fingerprint density at radius 3 is 2.24 bits per heavy atom. The standard InChI is InChI=1S/C22H39N3O3S/c1-4-10-20(11-5-2)29(27,28)18-21(24-3)22(26)25(16-9-15-23)17-14-19-12-7-6-8-13-19/h6-8,12-13,20-21,24H,4-5,9-11,14-18,23H2,1-3H3. The summed E-state index contributed by atoms with van der Waals surface area (Å²) in [4.78, 5) is 14.9. The van der Waals surface area contributed by atoms with E-state index < -0.39 is 15.9 Å². The van der Waals surface area contributed by atoms with Gasteiger partial charge in [-0.05, 0) is 44.8 Å². The van der Waals surface area contributed by atoms with Crippen molar-refractivity contribution in [1.29, 1.82) is 0 Å². The molecule has 6 nitrogen and oxygen atoms in total. The van der Waals surface area contributed by atoms with Crippen LogP contribution in [0.3, 0.4) is 0 Å². The Morgan fingerprint density at radius 1 is 1.10 bits per heavy atom. The number of sulfone groups is 1. The van der Waals surface area contributed by atoms with E-state index in [0.29, 0.717) is 38.9 Å². The third-order valence-electron chi connectivity index (χ3n) is 5.23. The van der Waals surface area contributed by atoms with E-state index in [1.807, 2.05) is 44.2 Å². The lowest BCUT2D eigenvalue weighted by Crippen LogP contribution is -2.50. The molecule has 3 N–H and O–H groups in total. The summed E-state index contributed by atoms with van der Waals surface area (Å²) in [5.41, 5.74) is 6.80. The van der Waals surface area contributed by atoms with Gasteiger partial charge in [0.1, 0.15) is 6.04 Å². The van der Waals surface area contributed by atoms with Crippen LogP contribution in [-0.2, 0) is 21.1 Å². The van der Waals surface area contributed by atoms with E-state index in [1.54, 1.807) is 11.9 Å². The van der Waals surface area contributed by atoms with Crippen molar-refractivity contribution in [3.05, 3.63) is 35.9 Å². The fourth-order valence-electron chi connectivity index (χ4n) is 3.54. The van der Waals surface area contributed by atoms with Crippen molar-refractivity contribution < 1.29 is 13.2 Å². The van der Waals surface area contributed by atoms with Crippen molar-refractivity contribution in [2.24, 2.45) is 5.73 Å². The lowest BCUT2D eigenvalue weighted by Gasteiger charge is -2.28. The van der Waals surface area contributed by atoms with Gasteiger partial charge in [0.2, 0.25) is 5.91 Å². The molecule has 0 fully saturated rings. The number of hydrogen-bond acceptors (Lipinski definition) is 5. The summed E-state index contributed by atoms with van der Waals surface area (Å²) in [6.45, 7) is 5.57. The number of nitrogens with two attached hydrogens (primary N) is 1. The van der Waals surface area contributed by atoms with Gasteiger partial charge in [0.15, 0.2) is 9.84 Å². The minimum absolute atomic E-state index is 0.155. The van der Waals surface area contributed by atoms with Crippen LogP contribution in [0.2, 0.25) is 0 Å². The number of nitrogens with zero attached hydrogens (tertiary/aromatic N) is 1. The lowest BCUT2D eigenvalue weighted by molar-refractivity contribution is -0.132. The van der Waals surface area contributed by atoms with E-state index in [4.69, 9.17) is 5.73 Å². The number of rotatable bonds is 15. The minimum Gasteiger partial charge on any atom is -0.341 e. The van der Waals surface area contributed by atoms with Crippen LogP contribution in [0.5, 0.6) is 0 Å². The molecule has 1 amide bonds. The van der Waals surface area contributed by atoms with Crippen molar-refractivity contribution in [3.63, 3.8) is 0 Å². The monoisotopic (exact) mass is 425 g/mol. The smallest absolute Gasteiger partial charge is 0.240 e. The average molecular weight is 426 g/mol. The van der Waals surface area contributed by atoms with Crippen molar-refractivity contribution in [2.45, 2.75) is 63.7 Å². The predicted molar refractivity (Wildman–Crippen MR) is 121 cm³/mol. The topological polar surface area (TPSA) is 92.5 Å². The average Bonchev–Trinajstić information content (AvgIpc) is 2.72. The van der Waals surface area contributed by atoms with E-state index >= 15 is 0 Å². The van der Waals surface area contributed by atoms with E-state index in [1.165, 1.54) is 0 Å². The number of carbonyl (C=O) groups is 1. The molecule has 0 aliphatic heterocycles. The van der Waals surface area contributed by atoms with Gasteiger partial charge in [-0.1, -0.05) is 57.0 Å². The van der Waals surface area contributed by atoms with Crippen LogP contribution in [0.4, 0.5) is 0 Å². The second-order valence-corrected chi connectivity index (χ2v) is 9.90. The van der Waals surface area contributed by atoms with Gasteiger partial charge in [-0.2, -0.15) is 0 Å². The van der Waals surface area contributed by atoms with Crippen molar-refractivity contribution in [2.75, 3.05) is 32.4 Å². The summed E-state index contributed by atoms with van der Waals surface area (Å²) < 4.78 is 25.9. The van der Waals surface area contributed by atoms with Gasteiger partial charge in [0.05, 0.1) is 11.0 Å². The highest BCUT2D eigenvalue weighted by molar-refractivity contribution is 7.92. The molecule has 0 aromatic heterocycles. The molecule has 0 spiro atoms. The second-order valence-electron chi connectivity index (χ2n) is 7.57. The van der Waals surface area contributed by atoms with Gasteiger partial charge in [0.25, 0.3) is 0 Å². The zero-order chi connectivity index (χ0) is 21.7. The van der Waals surface area contributed by atoms with Crippen molar-refractivity contribution >= 4 is 15.7 Å². The number of carbonyl (C=O) groups excluding carboxylic acids is 1. The van der Waals surface area contributed by atoms with Crippen molar-refractivity contribution in [1.82, 2.24) is 10.2 Å². The normalized spacial score (nSPS) is 12.9. The quantitative estimate of drug-likeness (QED) is 0.450. The number of hydrogen-bond donors (Lipinski definition) is 2. The fourth-order valence-corrected chi connectivity index (χ4v) is 5.77. The van der Waals surface area contributed by atoms with Crippen molar-refractivity contribution in [3.8, 4) is 0 Å². The number of likely N-dealkylation sites (N-methyl/N-ethyl adjacent to an activating group) is 1. The fraction of sp³-hybridized carbons (Fsp3) is 0.682. The summed E-state index contributed by atoms with van der Waals surface area (Å²) in [7, 11) is -1.70. The van der Waals surface area contributed by atoms with Crippen LogP contribution >= 0.6 is 0 Å². The van der Waals surface area contributed by atoms with Gasteiger partial charge in [-0.3, -0.25) is 4.79 Å². The Kier molecular flexibility index (Phi) is 12.1. The molecule has 1 rings (SSSR count). The number of benzene rings is 1. The summed E-state index contributed by atoms with van der Waals surface area (Å²) in [6.07, 6.45) is 4.35. The van der Waals surface area contributed by atoms with E-state index in [0.717, 1.165) is 24.8 Å². The lowest BCUT2D eigenvalue weighted by atomic mass is 10.1. The van der Waals surface area contributed by atoms with E-state index in [9.17, 15) is 13.2 Å². The van der Waals surface area contributed by atoms with Crippen LogP contribution in [0.1, 0.15) is 51.5 Å². The molecular formula is C22H39N3O3S.